The minimum atomic E-state index is -4.67. The number of hydrogen-bond donors (Lipinski definition) is 2. The summed E-state index contributed by atoms with van der Waals surface area (Å²) in [6, 6.07) is 0. The summed E-state index contributed by atoms with van der Waals surface area (Å²) < 4.78 is 59.7. The lowest BCUT2D eigenvalue weighted by molar-refractivity contribution is -0.0114. The van der Waals surface area contributed by atoms with Gasteiger partial charge in [0.05, 0.1) is 52.9 Å². The highest BCUT2D eigenvalue weighted by atomic mass is 32.3. The van der Waals surface area contributed by atoms with Crippen LogP contribution in [0.15, 0.2) is 0 Å². The molecule has 0 saturated heterocycles. The molecule has 46 heavy (non-hydrogen) atoms. The maximum absolute atomic E-state index is 8.74. The molecule has 10 heteroatoms. The lowest BCUT2D eigenvalue weighted by Gasteiger charge is -2.08. The van der Waals surface area contributed by atoms with Crippen molar-refractivity contribution >= 4 is 10.4 Å². The van der Waals surface area contributed by atoms with Gasteiger partial charge in [-0.05, 0) is 12.8 Å². The van der Waals surface area contributed by atoms with Crippen LogP contribution in [0.4, 0.5) is 0 Å². The van der Waals surface area contributed by atoms with Crippen LogP contribution in [0.5, 0.6) is 0 Å². The normalized spacial score (nSPS) is 11.6. The Hall–Kier alpha value is -0.330. The van der Waals surface area contributed by atoms with Crippen LogP contribution in [-0.4, -0.2) is 83.6 Å². The zero-order valence-corrected chi connectivity index (χ0v) is 31.0. The molecular formula is C36H76O9S. The van der Waals surface area contributed by atoms with Crippen molar-refractivity contribution in [1.29, 1.82) is 0 Å². The zero-order valence-electron chi connectivity index (χ0n) is 30.2. The van der Waals surface area contributed by atoms with E-state index in [-0.39, 0.29) is 0 Å². The van der Waals surface area contributed by atoms with Crippen molar-refractivity contribution in [3.63, 3.8) is 0 Å². The molecule has 0 fully saturated rings. The van der Waals surface area contributed by atoms with Crippen LogP contribution in [0.1, 0.15) is 168 Å². The fourth-order valence-electron chi connectivity index (χ4n) is 5.07. The molecule has 280 valence electrons. The van der Waals surface area contributed by atoms with E-state index in [0.717, 1.165) is 13.2 Å². The Morgan fingerprint density at radius 3 is 0.652 bits per heavy atom. The van der Waals surface area contributed by atoms with Crippen molar-refractivity contribution in [2.24, 2.45) is 0 Å². The minimum absolute atomic E-state index is 0.609. The van der Waals surface area contributed by atoms with E-state index < -0.39 is 10.4 Å². The Bertz CT molecular complexity index is 589. The summed E-state index contributed by atoms with van der Waals surface area (Å²) in [7, 11) is -4.67. The van der Waals surface area contributed by atoms with E-state index in [1.54, 1.807) is 0 Å². The van der Waals surface area contributed by atoms with Gasteiger partial charge in [-0.3, -0.25) is 9.11 Å². The van der Waals surface area contributed by atoms with Gasteiger partial charge in [-0.1, -0.05) is 155 Å². The number of hydrogen-bond acceptors (Lipinski definition) is 7. The number of ether oxygens (including phenoxy) is 5. The van der Waals surface area contributed by atoms with Gasteiger partial charge < -0.3 is 23.7 Å². The highest BCUT2D eigenvalue weighted by Gasteiger charge is 1.97. The van der Waals surface area contributed by atoms with Gasteiger partial charge in [-0.25, -0.2) is 0 Å². The summed E-state index contributed by atoms with van der Waals surface area (Å²) in [5.74, 6) is 0. The van der Waals surface area contributed by atoms with Gasteiger partial charge in [0.1, 0.15) is 0 Å². The first-order valence-corrected chi connectivity index (χ1v) is 20.4. The third-order valence-corrected chi connectivity index (χ3v) is 7.77. The second-order valence-electron chi connectivity index (χ2n) is 12.3. The molecule has 0 heterocycles. The van der Waals surface area contributed by atoms with Crippen molar-refractivity contribution in [2.75, 3.05) is 66.1 Å². The summed E-state index contributed by atoms with van der Waals surface area (Å²) in [4.78, 5) is 0. The Labute approximate surface area is 285 Å². The first-order valence-electron chi connectivity index (χ1n) is 19.0. The molecule has 0 saturated carbocycles. The lowest BCUT2D eigenvalue weighted by atomic mass is 10.1. The monoisotopic (exact) mass is 685 g/mol. The molecule has 0 rings (SSSR count). The maximum atomic E-state index is 8.74. The molecule has 0 aliphatic carbocycles. The highest BCUT2D eigenvalue weighted by Crippen LogP contribution is 2.13. The third-order valence-electron chi connectivity index (χ3n) is 7.77. The topological polar surface area (TPSA) is 121 Å². The smallest absolute Gasteiger partial charge is 0.379 e. The van der Waals surface area contributed by atoms with Gasteiger partial charge in [0.2, 0.25) is 0 Å². The standard InChI is InChI=1S/C36H74O5.H2O4S/c1-3-5-7-9-11-13-15-17-19-21-23-25-27-37-29-31-39-33-35-41-36-34-40-32-30-38-28-26-24-22-20-18-16-14-12-10-8-6-4-2;1-5(2,3)4/h3-36H2,1-2H3;(H2,1,2,3,4). The fraction of sp³-hybridized carbons (Fsp3) is 1.00. The summed E-state index contributed by atoms with van der Waals surface area (Å²) in [6.07, 6.45) is 33.0. The molecule has 0 amide bonds. The van der Waals surface area contributed by atoms with Gasteiger partial charge in [-0.15, -0.1) is 0 Å². The molecule has 0 aliphatic heterocycles. The van der Waals surface area contributed by atoms with Gasteiger partial charge in [0.25, 0.3) is 0 Å². The molecule has 9 nitrogen and oxygen atoms in total. The summed E-state index contributed by atoms with van der Waals surface area (Å²) >= 11 is 0. The molecule has 0 bridgehead atoms. The minimum Gasteiger partial charge on any atom is -0.379 e. The highest BCUT2D eigenvalue weighted by molar-refractivity contribution is 7.79. The van der Waals surface area contributed by atoms with Crippen molar-refractivity contribution in [3.05, 3.63) is 0 Å². The molecule has 0 aromatic rings. The van der Waals surface area contributed by atoms with Crippen molar-refractivity contribution in [2.45, 2.75) is 168 Å². The fourth-order valence-corrected chi connectivity index (χ4v) is 5.07. The predicted molar refractivity (Wildman–Crippen MR) is 190 cm³/mol. The van der Waals surface area contributed by atoms with Crippen LogP contribution < -0.4 is 0 Å². The van der Waals surface area contributed by atoms with E-state index in [0.29, 0.717) is 52.9 Å². The molecule has 0 atom stereocenters. The largest absolute Gasteiger partial charge is 0.394 e. The maximum Gasteiger partial charge on any atom is 0.394 e. The average molecular weight is 685 g/mol. The Balaban J connectivity index is 0. The summed E-state index contributed by atoms with van der Waals surface area (Å²) in [5.41, 5.74) is 0. The Kier molecular flexibility index (Phi) is 44.3. The molecule has 0 aliphatic rings. The van der Waals surface area contributed by atoms with E-state index in [1.165, 1.54) is 154 Å². The van der Waals surface area contributed by atoms with E-state index in [1.807, 2.05) is 0 Å². The zero-order chi connectivity index (χ0) is 34.1. The van der Waals surface area contributed by atoms with Crippen LogP contribution in [0, 0.1) is 0 Å². The van der Waals surface area contributed by atoms with Gasteiger partial charge >= 0.3 is 10.4 Å². The van der Waals surface area contributed by atoms with E-state index >= 15 is 0 Å². The lowest BCUT2D eigenvalue weighted by Crippen LogP contribution is -2.13. The van der Waals surface area contributed by atoms with Crippen LogP contribution in [0.3, 0.4) is 0 Å². The average Bonchev–Trinajstić information content (AvgIpc) is 3.02. The van der Waals surface area contributed by atoms with Crippen LogP contribution >= 0.6 is 0 Å². The second-order valence-corrected chi connectivity index (χ2v) is 13.2. The molecular weight excluding hydrogens is 608 g/mol. The molecule has 0 unspecified atom stereocenters. The van der Waals surface area contributed by atoms with Crippen molar-refractivity contribution in [1.82, 2.24) is 0 Å². The molecule has 0 aromatic heterocycles. The van der Waals surface area contributed by atoms with E-state index in [9.17, 15) is 0 Å². The van der Waals surface area contributed by atoms with Gasteiger partial charge in [0.15, 0.2) is 0 Å². The first-order chi connectivity index (χ1) is 22.4. The third kappa shape index (κ3) is 56.0. The molecule has 0 aromatic carbocycles. The van der Waals surface area contributed by atoms with Gasteiger partial charge in [0, 0.05) is 13.2 Å². The van der Waals surface area contributed by atoms with E-state index in [2.05, 4.69) is 13.8 Å². The number of rotatable bonds is 38. The van der Waals surface area contributed by atoms with Crippen molar-refractivity contribution in [3.8, 4) is 0 Å². The molecule has 2 N–H and O–H groups in total. The summed E-state index contributed by atoms with van der Waals surface area (Å²) in [5, 5.41) is 0. The quantitative estimate of drug-likeness (QED) is 0.0483. The van der Waals surface area contributed by atoms with Crippen LogP contribution in [0.25, 0.3) is 0 Å². The van der Waals surface area contributed by atoms with Gasteiger partial charge in [-0.2, -0.15) is 8.42 Å². The first kappa shape index (κ1) is 47.8. The van der Waals surface area contributed by atoms with Crippen LogP contribution in [-0.2, 0) is 34.1 Å². The molecule has 0 radical (unpaired) electrons. The SMILES string of the molecule is CCCCCCCCCCCCCCOCCOCCOCCOCCOCCCCCCCCCCCCCC.O=S(=O)(O)O. The Morgan fingerprint density at radius 1 is 0.304 bits per heavy atom. The summed E-state index contributed by atoms with van der Waals surface area (Å²) in [6.45, 7) is 11.4. The molecule has 0 spiro atoms. The van der Waals surface area contributed by atoms with Crippen LogP contribution in [0.2, 0.25) is 0 Å². The Morgan fingerprint density at radius 2 is 0.457 bits per heavy atom. The predicted octanol–water partition coefficient (Wildman–Crippen LogP) is 9.82. The van der Waals surface area contributed by atoms with E-state index in [4.69, 9.17) is 41.2 Å². The van der Waals surface area contributed by atoms with Crippen molar-refractivity contribution < 1.29 is 41.2 Å². The second kappa shape index (κ2) is 42.7. The number of unbranched alkanes of at least 4 members (excludes halogenated alkanes) is 22.